The normalized spacial score (nSPS) is 11.2. The van der Waals surface area contributed by atoms with Gasteiger partial charge in [0.1, 0.15) is 5.75 Å². The van der Waals surface area contributed by atoms with Crippen molar-refractivity contribution in [2.45, 2.75) is 20.8 Å². The second-order valence-electron chi connectivity index (χ2n) is 3.60. The van der Waals surface area contributed by atoms with Gasteiger partial charge in [0.25, 0.3) is 0 Å². The number of thiophene rings is 1. The van der Waals surface area contributed by atoms with Crippen LogP contribution in [0.3, 0.4) is 0 Å². The standard InChI is InChI=1S/C9H12O2S/c1-9(2,3)8(10)11-7-4-5-12-6-7/h4-6H,1-3H3. The molecule has 66 valence electrons. The summed E-state index contributed by atoms with van der Waals surface area (Å²) in [6.45, 7) is 5.51. The fraction of sp³-hybridized carbons (Fsp3) is 0.444. The lowest BCUT2D eigenvalue weighted by Crippen LogP contribution is -2.25. The Hall–Kier alpha value is -0.830. The molecular weight excluding hydrogens is 172 g/mol. The summed E-state index contributed by atoms with van der Waals surface area (Å²) >= 11 is 1.51. The molecule has 12 heavy (non-hydrogen) atoms. The second kappa shape index (κ2) is 3.27. The molecule has 1 aromatic heterocycles. The van der Waals surface area contributed by atoms with Gasteiger partial charge in [0.15, 0.2) is 0 Å². The van der Waals surface area contributed by atoms with Crippen molar-refractivity contribution >= 4 is 17.3 Å². The largest absolute Gasteiger partial charge is 0.425 e. The molecule has 1 rings (SSSR count). The van der Waals surface area contributed by atoms with Crippen LogP contribution in [0.2, 0.25) is 0 Å². The monoisotopic (exact) mass is 184 g/mol. The minimum atomic E-state index is -0.429. The van der Waals surface area contributed by atoms with Crippen LogP contribution in [0.15, 0.2) is 16.8 Å². The van der Waals surface area contributed by atoms with Gasteiger partial charge in [-0.25, -0.2) is 0 Å². The number of rotatable bonds is 1. The van der Waals surface area contributed by atoms with Gasteiger partial charge < -0.3 is 4.74 Å². The van der Waals surface area contributed by atoms with E-state index in [-0.39, 0.29) is 5.97 Å². The van der Waals surface area contributed by atoms with Crippen LogP contribution >= 0.6 is 11.3 Å². The molecular formula is C9H12O2S. The van der Waals surface area contributed by atoms with Gasteiger partial charge in [0.05, 0.1) is 5.41 Å². The lowest BCUT2D eigenvalue weighted by atomic mass is 9.97. The van der Waals surface area contributed by atoms with Gasteiger partial charge in [-0.3, -0.25) is 4.79 Å². The van der Waals surface area contributed by atoms with Crippen LogP contribution in [-0.2, 0) is 4.79 Å². The van der Waals surface area contributed by atoms with Gasteiger partial charge in [-0.2, -0.15) is 0 Å². The van der Waals surface area contributed by atoms with Gasteiger partial charge in [-0.05, 0) is 32.2 Å². The lowest BCUT2D eigenvalue weighted by Gasteiger charge is -2.15. The van der Waals surface area contributed by atoms with Crippen LogP contribution in [-0.4, -0.2) is 5.97 Å². The molecule has 0 saturated carbocycles. The Morgan fingerprint density at radius 2 is 2.17 bits per heavy atom. The maximum absolute atomic E-state index is 11.3. The zero-order valence-electron chi connectivity index (χ0n) is 7.46. The SMILES string of the molecule is CC(C)(C)C(=O)Oc1ccsc1. The Morgan fingerprint density at radius 3 is 2.58 bits per heavy atom. The first-order valence-electron chi connectivity index (χ1n) is 3.74. The van der Waals surface area contributed by atoms with Crippen LogP contribution in [0.25, 0.3) is 0 Å². The molecule has 0 atom stereocenters. The molecule has 0 bridgehead atoms. The molecule has 0 amide bonds. The molecule has 0 spiro atoms. The molecule has 3 heteroatoms. The zero-order valence-corrected chi connectivity index (χ0v) is 8.27. The van der Waals surface area contributed by atoms with E-state index in [0.29, 0.717) is 5.75 Å². The number of hydrogen-bond donors (Lipinski definition) is 0. The Morgan fingerprint density at radius 1 is 1.50 bits per heavy atom. The Bertz CT molecular complexity index is 257. The van der Waals surface area contributed by atoms with E-state index in [1.54, 1.807) is 6.07 Å². The van der Waals surface area contributed by atoms with E-state index in [1.165, 1.54) is 11.3 Å². The van der Waals surface area contributed by atoms with E-state index in [9.17, 15) is 4.79 Å². The lowest BCUT2D eigenvalue weighted by molar-refractivity contribution is -0.142. The van der Waals surface area contributed by atoms with E-state index in [4.69, 9.17) is 4.74 Å². The average molecular weight is 184 g/mol. The van der Waals surface area contributed by atoms with Gasteiger partial charge in [-0.15, -0.1) is 11.3 Å². The first-order valence-corrected chi connectivity index (χ1v) is 4.69. The van der Waals surface area contributed by atoms with Crippen LogP contribution in [0, 0.1) is 5.41 Å². The highest BCUT2D eigenvalue weighted by molar-refractivity contribution is 7.08. The van der Waals surface area contributed by atoms with Crippen molar-refractivity contribution in [3.8, 4) is 5.75 Å². The van der Waals surface area contributed by atoms with Crippen molar-refractivity contribution in [3.63, 3.8) is 0 Å². The predicted molar refractivity (Wildman–Crippen MR) is 49.4 cm³/mol. The summed E-state index contributed by atoms with van der Waals surface area (Å²) in [5, 5.41) is 3.69. The summed E-state index contributed by atoms with van der Waals surface area (Å²) in [5.74, 6) is 0.445. The highest BCUT2D eigenvalue weighted by Gasteiger charge is 2.23. The first-order chi connectivity index (χ1) is 5.50. The molecule has 0 unspecified atom stereocenters. The van der Waals surface area contributed by atoms with Crippen molar-refractivity contribution in [1.29, 1.82) is 0 Å². The van der Waals surface area contributed by atoms with Crippen molar-refractivity contribution < 1.29 is 9.53 Å². The van der Waals surface area contributed by atoms with E-state index in [0.717, 1.165) is 0 Å². The number of carbonyl (C=O) groups excluding carboxylic acids is 1. The Balaban J connectivity index is 2.60. The number of esters is 1. The number of carbonyl (C=O) groups is 1. The fourth-order valence-corrected chi connectivity index (χ4v) is 1.12. The molecule has 0 radical (unpaired) electrons. The summed E-state index contributed by atoms with van der Waals surface area (Å²) < 4.78 is 5.09. The van der Waals surface area contributed by atoms with Gasteiger partial charge in [0, 0.05) is 5.38 Å². The topological polar surface area (TPSA) is 26.3 Å². The molecule has 0 fully saturated rings. The summed E-state index contributed by atoms with van der Waals surface area (Å²) in [5.41, 5.74) is -0.429. The maximum atomic E-state index is 11.3. The van der Waals surface area contributed by atoms with E-state index >= 15 is 0 Å². The minimum absolute atomic E-state index is 0.194. The highest BCUT2D eigenvalue weighted by atomic mass is 32.1. The number of ether oxygens (including phenoxy) is 1. The van der Waals surface area contributed by atoms with Crippen LogP contribution in [0.5, 0.6) is 5.75 Å². The Kier molecular flexibility index (Phi) is 2.52. The van der Waals surface area contributed by atoms with Crippen LogP contribution in [0.1, 0.15) is 20.8 Å². The van der Waals surface area contributed by atoms with Crippen molar-refractivity contribution in [2.75, 3.05) is 0 Å². The predicted octanol–water partition coefficient (Wildman–Crippen LogP) is 2.70. The zero-order chi connectivity index (χ0) is 9.19. The van der Waals surface area contributed by atoms with Crippen LogP contribution in [0.4, 0.5) is 0 Å². The average Bonchev–Trinajstić information content (AvgIpc) is 2.37. The molecule has 0 N–H and O–H groups in total. The molecule has 1 aromatic rings. The molecule has 2 nitrogen and oxygen atoms in total. The third kappa shape index (κ3) is 2.34. The molecule has 0 saturated heterocycles. The highest BCUT2D eigenvalue weighted by Crippen LogP contribution is 2.20. The van der Waals surface area contributed by atoms with E-state index in [1.807, 2.05) is 31.5 Å². The van der Waals surface area contributed by atoms with Gasteiger partial charge in [-0.1, -0.05) is 0 Å². The quantitative estimate of drug-likeness (QED) is 0.627. The van der Waals surface area contributed by atoms with Crippen molar-refractivity contribution in [3.05, 3.63) is 16.8 Å². The van der Waals surface area contributed by atoms with Crippen LogP contribution < -0.4 is 4.74 Å². The number of hydrogen-bond acceptors (Lipinski definition) is 3. The van der Waals surface area contributed by atoms with Gasteiger partial charge >= 0.3 is 5.97 Å². The smallest absolute Gasteiger partial charge is 0.316 e. The third-order valence-electron chi connectivity index (χ3n) is 1.32. The summed E-state index contributed by atoms with van der Waals surface area (Å²) in [4.78, 5) is 11.3. The summed E-state index contributed by atoms with van der Waals surface area (Å²) in [6.07, 6.45) is 0. The molecule has 1 heterocycles. The fourth-order valence-electron chi connectivity index (χ4n) is 0.570. The van der Waals surface area contributed by atoms with E-state index in [2.05, 4.69) is 0 Å². The second-order valence-corrected chi connectivity index (χ2v) is 4.38. The van der Waals surface area contributed by atoms with Crippen molar-refractivity contribution in [1.82, 2.24) is 0 Å². The maximum Gasteiger partial charge on any atom is 0.316 e. The van der Waals surface area contributed by atoms with Crippen molar-refractivity contribution in [2.24, 2.45) is 5.41 Å². The minimum Gasteiger partial charge on any atom is -0.425 e. The first kappa shape index (κ1) is 9.26. The Labute approximate surface area is 76.2 Å². The summed E-state index contributed by atoms with van der Waals surface area (Å²) in [6, 6.07) is 1.79. The molecule has 0 aliphatic rings. The third-order valence-corrected chi connectivity index (χ3v) is 1.98. The molecule has 0 aromatic carbocycles. The molecule has 0 aliphatic carbocycles. The molecule has 0 aliphatic heterocycles. The van der Waals surface area contributed by atoms with Gasteiger partial charge in [0.2, 0.25) is 0 Å². The van der Waals surface area contributed by atoms with E-state index < -0.39 is 5.41 Å². The summed E-state index contributed by atoms with van der Waals surface area (Å²) in [7, 11) is 0.